The molecule has 0 fully saturated rings. The summed E-state index contributed by atoms with van der Waals surface area (Å²) in [7, 11) is 1.67. The Labute approximate surface area is 119 Å². The van der Waals surface area contributed by atoms with E-state index in [2.05, 4.69) is 27.1 Å². The van der Waals surface area contributed by atoms with Crippen LogP contribution in [0.4, 0.5) is 0 Å². The number of aryl methyl sites for hydroxylation is 1. The fourth-order valence-electron chi connectivity index (χ4n) is 1.82. The Kier molecular flexibility index (Phi) is 7.59. The maximum atomic E-state index is 8.59. The Morgan fingerprint density at radius 1 is 1.55 bits per heavy atom. The molecule has 0 aliphatic carbocycles. The second-order valence-corrected chi connectivity index (χ2v) is 4.51. The van der Waals surface area contributed by atoms with Crippen molar-refractivity contribution < 1.29 is 9.94 Å². The van der Waals surface area contributed by atoms with Gasteiger partial charge in [-0.3, -0.25) is 4.90 Å². The highest BCUT2D eigenvalue weighted by molar-refractivity contribution is 5.79. The first-order chi connectivity index (χ1) is 9.71. The van der Waals surface area contributed by atoms with Gasteiger partial charge in [0, 0.05) is 33.2 Å². The van der Waals surface area contributed by atoms with Crippen LogP contribution in [0.1, 0.15) is 25.6 Å². The second kappa shape index (κ2) is 9.27. The fraction of sp³-hybridized carbons (Fsp3) is 0.750. The smallest absolute Gasteiger partial charge is 0.141 e. The monoisotopic (exact) mass is 284 g/mol. The number of rotatable bonds is 10. The van der Waals surface area contributed by atoms with Crippen molar-refractivity contribution in [1.29, 1.82) is 0 Å². The summed E-state index contributed by atoms with van der Waals surface area (Å²) < 4.78 is 7.01. The number of methoxy groups -OCH3 is 1. The van der Waals surface area contributed by atoms with Gasteiger partial charge >= 0.3 is 0 Å². The molecule has 0 saturated carbocycles. The number of hydrogen-bond donors (Lipinski definition) is 2. The van der Waals surface area contributed by atoms with Crippen molar-refractivity contribution in [3.8, 4) is 0 Å². The molecule has 0 radical (unpaired) electrons. The highest BCUT2D eigenvalue weighted by Gasteiger charge is 2.11. The van der Waals surface area contributed by atoms with Crippen molar-refractivity contribution in [3.63, 3.8) is 0 Å². The SMILES string of the molecule is CCCn1ncnc1CN(CCOC)CCC(N)=NO. The van der Waals surface area contributed by atoms with Crippen LogP contribution in [0.3, 0.4) is 0 Å². The van der Waals surface area contributed by atoms with Crippen LogP contribution >= 0.6 is 0 Å². The lowest BCUT2D eigenvalue weighted by Crippen LogP contribution is -2.32. The highest BCUT2D eigenvalue weighted by Crippen LogP contribution is 2.03. The molecule has 0 saturated heterocycles. The summed E-state index contributed by atoms with van der Waals surface area (Å²) in [5, 5.41) is 15.8. The third-order valence-electron chi connectivity index (χ3n) is 2.92. The zero-order valence-corrected chi connectivity index (χ0v) is 12.2. The molecule has 0 aliphatic heterocycles. The van der Waals surface area contributed by atoms with Crippen LogP contribution in [-0.2, 0) is 17.8 Å². The Morgan fingerprint density at radius 3 is 3.00 bits per heavy atom. The van der Waals surface area contributed by atoms with Crippen molar-refractivity contribution in [2.24, 2.45) is 10.9 Å². The predicted octanol–water partition coefficient (Wildman–Crippen LogP) is 0.273. The van der Waals surface area contributed by atoms with Crippen molar-refractivity contribution in [2.75, 3.05) is 26.8 Å². The number of nitrogens with two attached hydrogens (primary N) is 1. The molecule has 0 aromatic carbocycles. The first kappa shape index (κ1) is 16.4. The van der Waals surface area contributed by atoms with Gasteiger partial charge in [0.25, 0.3) is 0 Å². The number of ether oxygens (including phenoxy) is 1. The van der Waals surface area contributed by atoms with Crippen LogP contribution in [0.15, 0.2) is 11.5 Å². The van der Waals surface area contributed by atoms with Crippen molar-refractivity contribution in [3.05, 3.63) is 12.2 Å². The summed E-state index contributed by atoms with van der Waals surface area (Å²) in [6, 6.07) is 0. The molecule has 8 nitrogen and oxygen atoms in total. The molecule has 3 N–H and O–H groups in total. The molecule has 1 aromatic rings. The summed E-state index contributed by atoms with van der Waals surface area (Å²) in [6.07, 6.45) is 3.09. The van der Waals surface area contributed by atoms with E-state index in [1.165, 1.54) is 0 Å². The molecule has 1 rings (SSSR count). The lowest BCUT2D eigenvalue weighted by Gasteiger charge is -2.21. The molecule has 1 aromatic heterocycles. The van der Waals surface area contributed by atoms with Crippen LogP contribution in [0.5, 0.6) is 0 Å². The standard InChI is InChI=1S/C12H24N6O2/c1-3-5-18-12(14-10-15-18)9-17(7-8-20-2)6-4-11(13)16-19/h10,19H,3-9H2,1-2H3,(H2,13,16). The Morgan fingerprint density at radius 2 is 2.35 bits per heavy atom. The van der Waals surface area contributed by atoms with Gasteiger partial charge in [-0.25, -0.2) is 9.67 Å². The first-order valence-electron chi connectivity index (χ1n) is 6.75. The van der Waals surface area contributed by atoms with E-state index in [1.807, 2.05) is 4.68 Å². The average Bonchev–Trinajstić information content (AvgIpc) is 2.89. The minimum atomic E-state index is 0.224. The topological polar surface area (TPSA) is 102 Å². The van der Waals surface area contributed by atoms with E-state index in [-0.39, 0.29) is 5.84 Å². The van der Waals surface area contributed by atoms with Gasteiger partial charge in [-0.1, -0.05) is 12.1 Å². The van der Waals surface area contributed by atoms with E-state index in [0.29, 0.717) is 26.1 Å². The van der Waals surface area contributed by atoms with Gasteiger partial charge in [0.2, 0.25) is 0 Å². The number of oxime groups is 1. The number of aromatic nitrogens is 3. The summed E-state index contributed by atoms with van der Waals surface area (Å²) in [4.78, 5) is 6.44. The summed E-state index contributed by atoms with van der Waals surface area (Å²) in [6.45, 7) is 5.69. The number of amidine groups is 1. The molecule has 8 heteroatoms. The first-order valence-corrected chi connectivity index (χ1v) is 6.75. The zero-order valence-electron chi connectivity index (χ0n) is 12.2. The molecule has 0 spiro atoms. The van der Waals surface area contributed by atoms with Gasteiger partial charge in [0.15, 0.2) is 0 Å². The Bertz CT molecular complexity index is 406. The molecule has 0 amide bonds. The van der Waals surface area contributed by atoms with Crippen LogP contribution in [0.2, 0.25) is 0 Å². The maximum absolute atomic E-state index is 8.59. The van der Waals surface area contributed by atoms with Gasteiger partial charge in [0.05, 0.1) is 13.2 Å². The fourth-order valence-corrected chi connectivity index (χ4v) is 1.82. The van der Waals surface area contributed by atoms with E-state index in [4.69, 9.17) is 15.7 Å². The van der Waals surface area contributed by atoms with Crippen LogP contribution in [0, 0.1) is 0 Å². The second-order valence-electron chi connectivity index (χ2n) is 4.51. The van der Waals surface area contributed by atoms with Crippen LogP contribution in [0.25, 0.3) is 0 Å². The Balaban J connectivity index is 2.60. The summed E-state index contributed by atoms with van der Waals surface area (Å²) in [5.41, 5.74) is 5.51. The average molecular weight is 284 g/mol. The van der Waals surface area contributed by atoms with Gasteiger partial charge in [-0.05, 0) is 6.42 Å². The third-order valence-corrected chi connectivity index (χ3v) is 2.92. The van der Waals surface area contributed by atoms with Crippen molar-refractivity contribution >= 4 is 5.84 Å². The molecular formula is C12H24N6O2. The van der Waals surface area contributed by atoms with E-state index in [0.717, 1.165) is 25.3 Å². The van der Waals surface area contributed by atoms with Crippen LogP contribution in [-0.4, -0.2) is 57.5 Å². The molecule has 0 atom stereocenters. The minimum Gasteiger partial charge on any atom is -0.409 e. The van der Waals surface area contributed by atoms with E-state index >= 15 is 0 Å². The molecule has 1 heterocycles. The lowest BCUT2D eigenvalue weighted by atomic mass is 10.3. The number of nitrogens with zero attached hydrogens (tertiary/aromatic N) is 5. The van der Waals surface area contributed by atoms with Gasteiger partial charge < -0.3 is 15.7 Å². The predicted molar refractivity (Wildman–Crippen MR) is 75.5 cm³/mol. The van der Waals surface area contributed by atoms with Crippen molar-refractivity contribution in [2.45, 2.75) is 32.9 Å². The third kappa shape index (κ3) is 5.54. The highest BCUT2D eigenvalue weighted by atomic mass is 16.5. The number of hydrogen-bond acceptors (Lipinski definition) is 6. The van der Waals surface area contributed by atoms with Crippen molar-refractivity contribution in [1.82, 2.24) is 19.7 Å². The molecular weight excluding hydrogens is 260 g/mol. The maximum Gasteiger partial charge on any atom is 0.141 e. The van der Waals surface area contributed by atoms with E-state index in [1.54, 1.807) is 13.4 Å². The van der Waals surface area contributed by atoms with Gasteiger partial charge in [-0.2, -0.15) is 5.10 Å². The largest absolute Gasteiger partial charge is 0.409 e. The summed E-state index contributed by atoms with van der Waals surface area (Å²) in [5.74, 6) is 1.14. The molecule has 0 aliphatic rings. The quantitative estimate of drug-likeness (QED) is 0.277. The van der Waals surface area contributed by atoms with Crippen LogP contribution < -0.4 is 5.73 Å². The molecule has 0 unspecified atom stereocenters. The molecule has 20 heavy (non-hydrogen) atoms. The Hall–Kier alpha value is -1.67. The zero-order chi connectivity index (χ0) is 14.8. The van der Waals surface area contributed by atoms with E-state index < -0.39 is 0 Å². The van der Waals surface area contributed by atoms with Gasteiger partial charge in [0.1, 0.15) is 18.0 Å². The lowest BCUT2D eigenvalue weighted by molar-refractivity contribution is 0.143. The van der Waals surface area contributed by atoms with E-state index in [9.17, 15) is 0 Å². The normalized spacial score (nSPS) is 12.2. The van der Waals surface area contributed by atoms with Gasteiger partial charge in [-0.15, -0.1) is 0 Å². The summed E-state index contributed by atoms with van der Waals surface area (Å²) >= 11 is 0. The minimum absolute atomic E-state index is 0.224. The molecule has 0 bridgehead atoms. The molecule has 114 valence electrons.